The molecule has 0 aliphatic rings. The fourth-order valence-electron chi connectivity index (χ4n) is 2.60. The van der Waals surface area contributed by atoms with E-state index in [2.05, 4.69) is 25.6 Å². The molecule has 0 aliphatic heterocycles. The van der Waals surface area contributed by atoms with Crippen molar-refractivity contribution in [3.8, 4) is 0 Å². The molecule has 0 atom stereocenters. The number of carbonyl (C=O) groups excluding carboxylic acids is 2. The summed E-state index contributed by atoms with van der Waals surface area (Å²) < 4.78 is 27.5. The second-order valence-corrected chi connectivity index (χ2v) is 9.25. The Morgan fingerprint density at radius 3 is 2.45 bits per heavy atom. The van der Waals surface area contributed by atoms with Crippen LogP contribution in [0.15, 0.2) is 58.9 Å². The molecule has 0 saturated carbocycles. The number of benzene rings is 2. The Balaban J connectivity index is 1.69. The largest absolute Gasteiger partial charge is 0.352 e. The van der Waals surface area contributed by atoms with Crippen LogP contribution in [-0.2, 0) is 21.2 Å². The summed E-state index contributed by atoms with van der Waals surface area (Å²) in [5.41, 5.74) is 1.39. The molecule has 0 radical (unpaired) electrons. The average Bonchev–Trinajstić information content (AvgIpc) is 3.24. The molecule has 0 aliphatic carbocycles. The van der Waals surface area contributed by atoms with Crippen LogP contribution in [0.4, 0.5) is 10.8 Å². The Kier molecular flexibility index (Phi) is 7.32. The number of nitrogens with one attached hydrogen (secondary N) is 3. The molecule has 1 aromatic heterocycles. The third-order valence-corrected chi connectivity index (χ3v) is 6.73. The highest BCUT2D eigenvalue weighted by molar-refractivity contribution is 7.94. The molecular formula is C20H21N5O4S2. The lowest BCUT2D eigenvalue weighted by Gasteiger charge is -2.11. The van der Waals surface area contributed by atoms with Crippen LogP contribution in [0.1, 0.15) is 29.3 Å². The fraction of sp³-hybridized carbons (Fsp3) is 0.200. The summed E-state index contributed by atoms with van der Waals surface area (Å²) in [6.45, 7) is 2.07. The van der Waals surface area contributed by atoms with E-state index in [1.54, 1.807) is 19.1 Å². The maximum Gasteiger partial charge on any atom is 0.291 e. The van der Waals surface area contributed by atoms with Crippen molar-refractivity contribution in [2.45, 2.75) is 24.1 Å². The predicted molar refractivity (Wildman–Crippen MR) is 119 cm³/mol. The maximum atomic E-state index is 12.7. The standard InChI is InChI=1S/C20H21N5O4S2/c1-2-17(26)22-19-23-24-20(30-19)31(28,29)25-16-11-7-6-10-15(16)18(27)21-13-12-14-8-4-3-5-9-14/h3-11,25H,2,12-13H2,1H3,(H,21,27)(H,22,23,26). The number of rotatable bonds is 9. The van der Waals surface area contributed by atoms with E-state index in [4.69, 9.17) is 0 Å². The Bertz CT molecular complexity index is 1160. The van der Waals surface area contributed by atoms with Crippen molar-refractivity contribution in [2.24, 2.45) is 0 Å². The van der Waals surface area contributed by atoms with Gasteiger partial charge in [0.1, 0.15) is 0 Å². The van der Waals surface area contributed by atoms with E-state index in [-0.39, 0.29) is 33.1 Å². The molecule has 2 aromatic carbocycles. The van der Waals surface area contributed by atoms with Crippen LogP contribution in [0.2, 0.25) is 0 Å². The van der Waals surface area contributed by atoms with Gasteiger partial charge in [-0.05, 0) is 24.1 Å². The first-order valence-electron chi connectivity index (χ1n) is 9.46. The van der Waals surface area contributed by atoms with E-state index in [0.717, 1.165) is 16.9 Å². The molecule has 0 bridgehead atoms. The molecule has 9 nitrogen and oxygen atoms in total. The normalized spacial score (nSPS) is 11.0. The zero-order valence-electron chi connectivity index (χ0n) is 16.7. The van der Waals surface area contributed by atoms with Gasteiger partial charge in [-0.15, -0.1) is 10.2 Å². The molecule has 0 fully saturated rings. The van der Waals surface area contributed by atoms with Gasteiger partial charge in [-0.25, -0.2) is 0 Å². The molecule has 0 unspecified atom stereocenters. The van der Waals surface area contributed by atoms with Gasteiger partial charge in [0, 0.05) is 13.0 Å². The molecule has 3 N–H and O–H groups in total. The van der Waals surface area contributed by atoms with Crippen molar-refractivity contribution in [2.75, 3.05) is 16.6 Å². The van der Waals surface area contributed by atoms with Crippen LogP contribution >= 0.6 is 11.3 Å². The first kappa shape index (κ1) is 22.4. The highest BCUT2D eigenvalue weighted by Gasteiger charge is 2.23. The lowest BCUT2D eigenvalue weighted by atomic mass is 10.1. The Morgan fingerprint density at radius 2 is 1.71 bits per heavy atom. The zero-order chi connectivity index (χ0) is 22.3. The molecule has 3 aromatic rings. The minimum Gasteiger partial charge on any atom is -0.352 e. The van der Waals surface area contributed by atoms with Crippen LogP contribution < -0.4 is 15.4 Å². The lowest BCUT2D eigenvalue weighted by Crippen LogP contribution is -2.27. The smallest absolute Gasteiger partial charge is 0.291 e. The lowest BCUT2D eigenvalue weighted by molar-refractivity contribution is -0.115. The van der Waals surface area contributed by atoms with E-state index in [0.29, 0.717) is 13.0 Å². The summed E-state index contributed by atoms with van der Waals surface area (Å²) in [5.74, 6) is -0.701. The minimum atomic E-state index is -4.09. The molecule has 1 heterocycles. The third kappa shape index (κ3) is 6.09. The molecule has 3 rings (SSSR count). The highest BCUT2D eigenvalue weighted by atomic mass is 32.2. The summed E-state index contributed by atoms with van der Waals surface area (Å²) in [5, 5.41) is 12.7. The number of nitrogens with zero attached hydrogens (tertiary/aromatic N) is 2. The molecule has 2 amide bonds. The quantitative estimate of drug-likeness (QED) is 0.422. The van der Waals surface area contributed by atoms with Gasteiger partial charge in [0.15, 0.2) is 0 Å². The third-order valence-electron chi connectivity index (χ3n) is 4.16. The molecular weight excluding hydrogens is 438 g/mol. The minimum absolute atomic E-state index is 0.0826. The van der Waals surface area contributed by atoms with Crippen molar-refractivity contribution < 1.29 is 18.0 Å². The maximum absolute atomic E-state index is 12.7. The van der Waals surface area contributed by atoms with Crippen molar-refractivity contribution in [1.82, 2.24) is 15.5 Å². The Labute approximate surface area is 184 Å². The van der Waals surface area contributed by atoms with Crippen LogP contribution in [0, 0.1) is 0 Å². The van der Waals surface area contributed by atoms with E-state index >= 15 is 0 Å². The first-order valence-corrected chi connectivity index (χ1v) is 11.8. The topological polar surface area (TPSA) is 130 Å². The second-order valence-electron chi connectivity index (χ2n) is 6.42. The molecule has 0 spiro atoms. The average molecular weight is 460 g/mol. The second kappa shape index (κ2) is 10.1. The summed E-state index contributed by atoms with van der Waals surface area (Å²) in [4.78, 5) is 24.1. The number of sulfonamides is 1. The fourth-order valence-corrected chi connectivity index (χ4v) is 4.59. The van der Waals surface area contributed by atoms with Gasteiger partial charge in [0.25, 0.3) is 20.3 Å². The number of amides is 2. The van der Waals surface area contributed by atoms with E-state index < -0.39 is 15.9 Å². The monoisotopic (exact) mass is 459 g/mol. The van der Waals surface area contributed by atoms with E-state index in [9.17, 15) is 18.0 Å². The van der Waals surface area contributed by atoms with E-state index in [1.807, 2.05) is 30.3 Å². The van der Waals surface area contributed by atoms with Crippen molar-refractivity contribution in [3.05, 3.63) is 65.7 Å². The molecule has 162 valence electrons. The SMILES string of the molecule is CCC(=O)Nc1nnc(S(=O)(=O)Nc2ccccc2C(=O)NCCc2ccccc2)s1. The van der Waals surface area contributed by atoms with Crippen molar-refractivity contribution >= 4 is 44.0 Å². The summed E-state index contributed by atoms with van der Waals surface area (Å²) >= 11 is 0.723. The van der Waals surface area contributed by atoms with Gasteiger partial charge in [0.2, 0.25) is 11.0 Å². The van der Waals surface area contributed by atoms with Gasteiger partial charge in [-0.3, -0.25) is 14.3 Å². The van der Waals surface area contributed by atoms with Crippen LogP contribution in [0.3, 0.4) is 0 Å². The van der Waals surface area contributed by atoms with Gasteiger partial charge in [0.05, 0.1) is 11.3 Å². The van der Waals surface area contributed by atoms with Crippen LogP contribution in [-0.4, -0.2) is 37.0 Å². The summed E-state index contributed by atoms with van der Waals surface area (Å²) in [6, 6.07) is 16.0. The van der Waals surface area contributed by atoms with Gasteiger partial charge in [-0.2, -0.15) is 8.42 Å². The van der Waals surface area contributed by atoms with Crippen LogP contribution in [0.25, 0.3) is 0 Å². The number of hydrogen-bond acceptors (Lipinski definition) is 7. The van der Waals surface area contributed by atoms with Gasteiger partial charge in [-0.1, -0.05) is 60.7 Å². The molecule has 11 heteroatoms. The predicted octanol–water partition coefficient (Wildman–Crippen LogP) is 2.66. The van der Waals surface area contributed by atoms with Gasteiger partial charge >= 0.3 is 0 Å². The number of hydrogen-bond donors (Lipinski definition) is 3. The zero-order valence-corrected chi connectivity index (χ0v) is 18.3. The Morgan fingerprint density at radius 1 is 1.00 bits per heavy atom. The summed E-state index contributed by atoms with van der Waals surface area (Å²) in [7, 11) is -4.09. The van der Waals surface area contributed by atoms with Crippen molar-refractivity contribution in [1.29, 1.82) is 0 Å². The summed E-state index contributed by atoms with van der Waals surface area (Å²) in [6.07, 6.45) is 0.879. The van der Waals surface area contributed by atoms with Crippen LogP contribution in [0.5, 0.6) is 0 Å². The van der Waals surface area contributed by atoms with E-state index in [1.165, 1.54) is 12.1 Å². The Hall–Kier alpha value is -3.31. The molecule has 0 saturated heterocycles. The first-order chi connectivity index (χ1) is 14.9. The van der Waals surface area contributed by atoms with Gasteiger partial charge < -0.3 is 10.6 Å². The number of aromatic nitrogens is 2. The number of carbonyl (C=O) groups is 2. The van der Waals surface area contributed by atoms with Crippen molar-refractivity contribution in [3.63, 3.8) is 0 Å². The number of anilines is 2. The highest BCUT2D eigenvalue weighted by Crippen LogP contribution is 2.24. The molecule has 31 heavy (non-hydrogen) atoms. The number of para-hydroxylation sites is 1.